The number of halogens is 3. The number of hydrogen-bond acceptors (Lipinski definition) is 9. The van der Waals surface area contributed by atoms with Gasteiger partial charge in [-0.25, -0.2) is 19.9 Å². The van der Waals surface area contributed by atoms with E-state index in [1.54, 1.807) is 19.1 Å². The summed E-state index contributed by atoms with van der Waals surface area (Å²) in [6, 6.07) is 4.12. The van der Waals surface area contributed by atoms with E-state index < -0.39 is 11.9 Å². The van der Waals surface area contributed by atoms with E-state index in [9.17, 15) is 13.2 Å². The van der Waals surface area contributed by atoms with Crippen LogP contribution in [0.25, 0.3) is 10.9 Å². The number of methoxy groups -OCH3 is 1. The second kappa shape index (κ2) is 9.09. The Morgan fingerprint density at radius 2 is 1.82 bits per heavy atom. The third-order valence-corrected chi connectivity index (χ3v) is 5.34. The van der Waals surface area contributed by atoms with Gasteiger partial charge in [0.15, 0.2) is 11.5 Å². The van der Waals surface area contributed by atoms with Gasteiger partial charge in [-0.3, -0.25) is 0 Å². The van der Waals surface area contributed by atoms with Crippen molar-refractivity contribution in [2.24, 2.45) is 0 Å². The molecule has 0 amide bonds. The number of nitrogens with one attached hydrogen (secondary N) is 1. The smallest absolute Gasteiger partial charge is 0.433 e. The average Bonchev–Trinajstić information content (AvgIpc) is 3.50. The minimum absolute atomic E-state index is 0.0474. The van der Waals surface area contributed by atoms with Crippen LogP contribution in [0.2, 0.25) is 0 Å². The van der Waals surface area contributed by atoms with Crippen molar-refractivity contribution >= 4 is 22.5 Å². The molecule has 0 atom stereocenters. The fourth-order valence-corrected chi connectivity index (χ4v) is 3.32. The summed E-state index contributed by atoms with van der Waals surface area (Å²) < 4.78 is 56.3. The van der Waals surface area contributed by atoms with Crippen LogP contribution in [0.1, 0.15) is 37.1 Å². The van der Waals surface area contributed by atoms with Crippen LogP contribution in [0.4, 0.5) is 24.8 Å². The molecular formula is C22H25F3N6O3. The summed E-state index contributed by atoms with van der Waals surface area (Å²) >= 11 is 0. The average molecular weight is 478 g/mol. The number of nitrogen functional groups attached to an aromatic ring is 1. The molecule has 1 fully saturated rings. The fraction of sp³-hybridized carbons (Fsp3) is 0.455. The fourth-order valence-electron chi connectivity index (χ4n) is 3.32. The Labute approximate surface area is 193 Å². The number of anilines is 2. The zero-order valence-corrected chi connectivity index (χ0v) is 19.0. The van der Waals surface area contributed by atoms with Crippen LogP contribution >= 0.6 is 0 Å². The van der Waals surface area contributed by atoms with Crippen molar-refractivity contribution in [2.45, 2.75) is 45.0 Å². The number of fused-ring (bicyclic) bond motifs is 1. The highest BCUT2D eigenvalue weighted by molar-refractivity contribution is 5.91. The SMILES string of the molecule is COc1cc2nc(C)nc(NCc3nc(N)cc(C(F)(F)F)n3)c2cc1OCCOC1(C)CC1. The normalized spacial score (nSPS) is 14.8. The van der Waals surface area contributed by atoms with Gasteiger partial charge in [-0.1, -0.05) is 0 Å². The second-order valence-electron chi connectivity index (χ2n) is 8.23. The highest BCUT2D eigenvalue weighted by Gasteiger charge is 2.38. The lowest BCUT2D eigenvalue weighted by molar-refractivity contribution is -0.141. The largest absolute Gasteiger partial charge is 0.493 e. The van der Waals surface area contributed by atoms with Crippen molar-refractivity contribution in [1.29, 1.82) is 0 Å². The molecule has 1 aliphatic carbocycles. The van der Waals surface area contributed by atoms with Crippen LogP contribution in [0, 0.1) is 6.92 Å². The van der Waals surface area contributed by atoms with Gasteiger partial charge in [0.05, 0.1) is 31.4 Å². The molecule has 1 saturated carbocycles. The van der Waals surface area contributed by atoms with Crippen LogP contribution in [-0.2, 0) is 17.5 Å². The summed E-state index contributed by atoms with van der Waals surface area (Å²) in [7, 11) is 1.53. The summed E-state index contributed by atoms with van der Waals surface area (Å²) in [5, 5.41) is 3.58. The molecular weight excluding hydrogens is 453 g/mol. The topological polar surface area (TPSA) is 117 Å². The van der Waals surface area contributed by atoms with E-state index in [0.717, 1.165) is 12.8 Å². The molecule has 0 saturated heterocycles. The Hall–Kier alpha value is -3.41. The molecule has 0 bridgehead atoms. The van der Waals surface area contributed by atoms with Crippen molar-refractivity contribution in [2.75, 3.05) is 31.4 Å². The Balaban J connectivity index is 1.57. The summed E-state index contributed by atoms with van der Waals surface area (Å²) in [6.45, 7) is 4.39. The first-order valence-electron chi connectivity index (χ1n) is 10.6. The van der Waals surface area contributed by atoms with Gasteiger partial charge < -0.3 is 25.3 Å². The molecule has 2 aromatic heterocycles. The van der Waals surface area contributed by atoms with E-state index in [4.69, 9.17) is 19.9 Å². The van der Waals surface area contributed by atoms with Gasteiger partial charge in [-0.15, -0.1) is 0 Å². The van der Waals surface area contributed by atoms with Gasteiger partial charge >= 0.3 is 6.18 Å². The zero-order chi connectivity index (χ0) is 24.5. The monoisotopic (exact) mass is 478 g/mol. The molecule has 9 nitrogen and oxygen atoms in total. The van der Waals surface area contributed by atoms with E-state index in [-0.39, 0.29) is 23.8 Å². The van der Waals surface area contributed by atoms with E-state index in [1.807, 2.05) is 0 Å². The summed E-state index contributed by atoms with van der Waals surface area (Å²) in [6.07, 6.45) is -2.55. The predicted octanol–water partition coefficient (Wildman–Crippen LogP) is 3.90. The molecule has 12 heteroatoms. The van der Waals surface area contributed by atoms with Crippen molar-refractivity contribution in [1.82, 2.24) is 19.9 Å². The van der Waals surface area contributed by atoms with Crippen molar-refractivity contribution in [3.63, 3.8) is 0 Å². The quantitative estimate of drug-likeness (QED) is 0.442. The number of rotatable bonds is 9. The number of alkyl halides is 3. The maximum absolute atomic E-state index is 13.1. The minimum atomic E-state index is -4.63. The van der Waals surface area contributed by atoms with Gasteiger partial charge in [-0.2, -0.15) is 13.2 Å². The standard InChI is InChI=1S/C22H25F3N6O3/c1-12-28-14-9-15(32-3)16(33-6-7-34-21(2)4-5-21)8-13(14)20(29-12)27-11-19-30-17(22(23,24)25)10-18(26)31-19/h8-10H,4-7,11H2,1-3H3,(H2,26,30,31)(H,27,28,29). The minimum Gasteiger partial charge on any atom is -0.493 e. The number of ether oxygens (including phenoxy) is 3. The second-order valence-corrected chi connectivity index (χ2v) is 8.23. The lowest BCUT2D eigenvalue weighted by Crippen LogP contribution is -2.15. The Morgan fingerprint density at radius 3 is 2.50 bits per heavy atom. The molecule has 2 heterocycles. The van der Waals surface area contributed by atoms with Crippen molar-refractivity contribution in [3.05, 3.63) is 35.5 Å². The first-order valence-corrected chi connectivity index (χ1v) is 10.6. The van der Waals surface area contributed by atoms with Crippen LogP contribution in [0.15, 0.2) is 18.2 Å². The Kier molecular flexibility index (Phi) is 6.34. The summed E-state index contributed by atoms with van der Waals surface area (Å²) in [5.74, 6) is 1.41. The molecule has 1 aromatic carbocycles. The van der Waals surface area contributed by atoms with Crippen molar-refractivity contribution in [3.8, 4) is 11.5 Å². The molecule has 3 N–H and O–H groups in total. The molecule has 0 radical (unpaired) electrons. The van der Waals surface area contributed by atoms with Gasteiger partial charge in [0.2, 0.25) is 0 Å². The van der Waals surface area contributed by atoms with Crippen molar-refractivity contribution < 1.29 is 27.4 Å². The highest BCUT2D eigenvalue weighted by Crippen LogP contribution is 2.39. The molecule has 4 rings (SSSR count). The van der Waals surface area contributed by atoms with Crippen LogP contribution in [0.5, 0.6) is 11.5 Å². The zero-order valence-electron chi connectivity index (χ0n) is 19.0. The van der Waals surface area contributed by atoms with Crippen LogP contribution in [0.3, 0.4) is 0 Å². The van der Waals surface area contributed by atoms with E-state index in [0.29, 0.717) is 53.3 Å². The lowest BCUT2D eigenvalue weighted by atomic mass is 10.2. The van der Waals surface area contributed by atoms with Gasteiger partial charge in [-0.05, 0) is 32.8 Å². The predicted molar refractivity (Wildman–Crippen MR) is 119 cm³/mol. The Morgan fingerprint density at radius 1 is 1.06 bits per heavy atom. The third kappa shape index (κ3) is 5.56. The maximum atomic E-state index is 13.1. The van der Waals surface area contributed by atoms with Gasteiger partial charge in [0.1, 0.15) is 35.6 Å². The van der Waals surface area contributed by atoms with Gasteiger partial charge in [0.25, 0.3) is 0 Å². The first kappa shape index (κ1) is 23.7. The summed E-state index contributed by atoms with van der Waals surface area (Å²) in [5.41, 5.74) is 4.95. The third-order valence-electron chi connectivity index (χ3n) is 5.34. The number of nitrogens with two attached hydrogens (primary N) is 1. The molecule has 34 heavy (non-hydrogen) atoms. The van der Waals surface area contributed by atoms with E-state index >= 15 is 0 Å². The molecule has 0 aliphatic heterocycles. The number of benzene rings is 1. The van der Waals surface area contributed by atoms with Crippen LogP contribution < -0.4 is 20.5 Å². The molecule has 1 aliphatic rings. The number of hydrogen-bond donors (Lipinski definition) is 2. The van der Waals surface area contributed by atoms with Gasteiger partial charge in [0, 0.05) is 17.5 Å². The molecule has 0 unspecified atom stereocenters. The molecule has 3 aromatic rings. The Bertz CT molecular complexity index is 1200. The summed E-state index contributed by atoms with van der Waals surface area (Å²) in [4.78, 5) is 16.3. The number of nitrogens with zero attached hydrogens (tertiary/aromatic N) is 4. The maximum Gasteiger partial charge on any atom is 0.433 e. The molecule has 0 spiro atoms. The molecule has 182 valence electrons. The number of aromatic nitrogens is 4. The number of aryl methyl sites for hydroxylation is 1. The highest BCUT2D eigenvalue weighted by atomic mass is 19.4. The van der Waals surface area contributed by atoms with E-state index in [1.165, 1.54) is 7.11 Å². The lowest BCUT2D eigenvalue weighted by Gasteiger charge is -2.16. The van der Waals surface area contributed by atoms with E-state index in [2.05, 4.69) is 32.2 Å². The first-order chi connectivity index (χ1) is 16.1. The van der Waals surface area contributed by atoms with Crippen LogP contribution in [-0.4, -0.2) is 45.9 Å².